The van der Waals surface area contributed by atoms with E-state index in [1.165, 1.54) is 73.7 Å². The number of allylic oxidation sites excluding steroid dienone is 2. The molecule has 0 spiro atoms. The molecular formula is C45H48HfSi. The third-order valence-electron chi connectivity index (χ3n) is 12.1. The monoisotopic (exact) mass is 796 g/mol. The average molecular weight is 795 g/mol. The van der Waals surface area contributed by atoms with Crippen LogP contribution in [0.5, 0.6) is 0 Å². The maximum absolute atomic E-state index is 3.96. The first-order valence-electron chi connectivity index (χ1n) is 17.4. The van der Waals surface area contributed by atoms with Crippen molar-refractivity contribution in [2.45, 2.75) is 63.4 Å². The Hall–Kier alpha value is -3.33. The summed E-state index contributed by atoms with van der Waals surface area (Å²) >= 11 is -3.96. The first kappa shape index (κ1) is 32.2. The van der Waals surface area contributed by atoms with Gasteiger partial charge >= 0.3 is 286 Å². The minimum atomic E-state index is -3.96. The Morgan fingerprint density at radius 2 is 1.04 bits per heavy atom. The van der Waals surface area contributed by atoms with Crippen molar-refractivity contribution in [1.29, 1.82) is 0 Å². The van der Waals surface area contributed by atoms with Gasteiger partial charge in [0.1, 0.15) is 0 Å². The van der Waals surface area contributed by atoms with Gasteiger partial charge in [-0.3, -0.25) is 0 Å². The zero-order valence-corrected chi connectivity index (χ0v) is 33.8. The van der Waals surface area contributed by atoms with Gasteiger partial charge in [-0.15, -0.1) is 0 Å². The molecule has 0 saturated carbocycles. The van der Waals surface area contributed by atoms with E-state index < -0.39 is 22.6 Å². The number of fused-ring (bicyclic) bond motifs is 2. The third kappa shape index (κ3) is 5.46. The molecule has 2 aliphatic rings. The fourth-order valence-electron chi connectivity index (χ4n) is 8.84. The zero-order chi connectivity index (χ0) is 32.9. The van der Waals surface area contributed by atoms with E-state index in [9.17, 15) is 0 Å². The van der Waals surface area contributed by atoms with Gasteiger partial charge in [-0.2, -0.15) is 0 Å². The molecule has 7 rings (SSSR count). The molecule has 0 bridgehead atoms. The number of hydrogen-bond acceptors (Lipinski definition) is 0. The van der Waals surface area contributed by atoms with Gasteiger partial charge in [0, 0.05) is 0 Å². The van der Waals surface area contributed by atoms with Crippen molar-refractivity contribution < 1.29 is 17.1 Å². The Bertz CT molecular complexity index is 2030. The molecule has 0 aromatic heterocycles. The summed E-state index contributed by atoms with van der Waals surface area (Å²) in [5.41, 5.74) is 17.7. The predicted molar refractivity (Wildman–Crippen MR) is 205 cm³/mol. The number of benzene rings is 5. The van der Waals surface area contributed by atoms with Crippen molar-refractivity contribution in [3.05, 3.63) is 165 Å². The zero-order valence-electron chi connectivity index (χ0n) is 29.2. The van der Waals surface area contributed by atoms with Crippen LogP contribution in [0.4, 0.5) is 0 Å². The molecule has 47 heavy (non-hydrogen) atoms. The summed E-state index contributed by atoms with van der Waals surface area (Å²) in [6.45, 7) is 11.7. The van der Waals surface area contributed by atoms with Crippen molar-refractivity contribution in [3.8, 4) is 22.3 Å². The summed E-state index contributed by atoms with van der Waals surface area (Å²) in [6.07, 6.45) is 11.5. The molecule has 0 heterocycles. The Morgan fingerprint density at radius 3 is 1.53 bits per heavy atom. The molecule has 5 aromatic carbocycles. The van der Waals surface area contributed by atoms with Crippen molar-refractivity contribution in [3.63, 3.8) is 0 Å². The molecule has 2 atom stereocenters. The molecule has 0 radical (unpaired) electrons. The fourth-order valence-corrected chi connectivity index (χ4v) is 51.8. The number of rotatable bonds is 7. The minimum absolute atomic E-state index is 0.520. The summed E-state index contributed by atoms with van der Waals surface area (Å²) < 4.78 is 6.79. The molecule has 0 saturated heterocycles. The van der Waals surface area contributed by atoms with Crippen LogP contribution < -0.4 is 0 Å². The van der Waals surface area contributed by atoms with Crippen LogP contribution in [0, 0.1) is 27.7 Å². The topological polar surface area (TPSA) is 0 Å². The van der Waals surface area contributed by atoms with Gasteiger partial charge in [-0.1, -0.05) is 0 Å². The number of hydrogen-bond donors (Lipinski definition) is 0. The Kier molecular flexibility index (Phi) is 8.42. The van der Waals surface area contributed by atoms with Gasteiger partial charge < -0.3 is 0 Å². The van der Waals surface area contributed by atoms with Crippen molar-refractivity contribution in [2.24, 2.45) is 0 Å². The molecule has 0 nitrogen and oxygen atoms in total. The first-order chi connectivity index (χ1) is 22.6. The quantitative estimate of drug-likeness (QED) is 0.144. The standard InChI is InChI=1S/2C17H15.C9H12Si.2CH3.Hf/c2*1-12-9-10-13(2)17(11-12)16-8-4-6-14-5-3-7-15(14)16;1-10-8-7-9-5-3-2-4-6-9;;;/h2*3-11H,1-2H3;2-6H,7-8H2,1H3;2*1H3;. The molecule has 5 aromatic rings. The molecule has 2 aliphatic carbocycles. The normalized spacial score (nSPS) is 16.8. The van der Waals surface area contributed by atoms with Gasteiger partial charge in [-0.25, -0.2) is 0 Å². The second-order valence-corrected chi connectivity index (χ2v) is 62.7. The predicted octanol–water partition coefficient (Wildman–Crippen LogP) is 12.7. The van der Waals surface area contributed by atoms with E-state index in [1.807, 2.05) is 0 Å². The summed E-state index contributed by atoms with van der Waals surface area (Å²) in [7, 11) is 0. The van der Waals surface area contributed by atoms with Crippen LogP contribution in [0.1, 0.15) is 57.4 Å². The van der Waals surface area contributed by atoms with Crippen LogP contribution in [-0.2, 0) is 23.5 Å². The second kappa shape index (κ2) is 12.3. The number of aryl methyl sites for hydroxylation is 5. The molecule has 0 aliphatic heterocycles. The SMILES string of the molecule is Cc1ccc(C)c(-c2cccc3c2C=C[CH]3[Hf]([CH3])([CH3])([CH]2C=Cc3c(-c4cc(C)ccc4C)cccc32)=[Si](C)CCc2ccccc2)c1. The van der Waals surface area contributed by atoms with Crippen LogP contribution >= 0.6 is 0 Å². The first-order valence-corrected chi connectivity index (χ1v) is 36.3. The second-order valence-electron chi connectivity index (χ2n) is 15.3. The molecule has 236 valence electrons. The van der Waals surface area contributed by atoms with Crippen LogP contribution in [-0.4, -0.2) is 5.49 Å². The van der Waals surface area contributed by atoms with E-state index in [-0.39, 0.29) is 0 Å². The molecular weight excluding hydrogens is 747 g/mol. The Balaban J connectivity index is 1.42. The van der Waals surface area contributed by atoms with Crippen LogP contribution in [0.3, 0.4) is 0 Å². The third-order valence-corrected chi connectivity index (χ3v) is 70.0. The van der Waals surface area contributed by atoms with Crippen LogP contribution in [0.15, 0.2) is 115 Å². The average Bonchev–Trinajstić information content (AvgIpc) is 3.73. The Morgan fingerprint density at radius 1 is 0.553 bits per heavy atom. The fraction of sp³-hybridized carbons (Fsp3) is 0.244. The van der Waals surface area contributed by atoms with E-state index in [0.717, 1.165) is 0 Å². The van der Waals surface area contributed by atoms with E-state index in [1.54, 1.807) is 11.1 Å². The molecule has 0 amide bonds. The molecule has 2 heteroatoms. The molecule has 0 fully saturated rings. The molecule has 2 unspecified atom stereocenters. The van der Waals surface area contributed by atoms with Crippen molar-refractivity contribution in [2.75, 3.05) is 0 Å². The van der Waals surface area contributed by atoms with Crippen LogP contribution in [0.2, 0.25) is 22.0 Å². The molecule has 0 N–H and O–H groups in total. The summed E-state index contributed by atoms with van der Waals surface area (Å²) in [5.74, 6) is 0. The van der Waals surface area contributed by atoms with E-state index in [2.05, 4.69) is 171 Å². The van der Waals surface area contributed by atoms with Gasteiger partial charge in [-0.05, 0) is 0 Å². The van der Waals surface area contributed by atoms with Gasteiger partial charge in [0.25, 0.3) is 0 Å². The van der Waals surface area contributed by atoms with Crippen molar-refractivity contribution >= 4 is 17.6 Å². The van der Waals surface area contributed by atoms with E-state index in [4.69, 9.17) is 0 Å². The van der Waals surface area contributed by atoms with Crippen LogP contribution in [0.25, 0.3) is 34.4 Å². The summed E-state index contributed by atoms with van der Waals surface area (Å²) in [6, 6.07) is 40.7. The van der Waals surface area contributed by atoms with Gasteiger partial charge in [0.2, 0.25) is 0 Å². The summed E-state index contributed by atoms with van der Waals surface area (Å²) in [5, 5.41) is 0. The Labute approximate surface area is 284 Å². The van der Waals surface area contributed by atoms with Crippen molar-refractivity contribution in [1.82, 2.24) is 0 Å². The van der Waals surface area contributed by atoms with Gasteiger partial charge in [0.05, 0.1) is 0 Å². The summed E-state index contributed by atoms with van der Waals surface area (Å²) in [4.78, 5) is 0. The maximum atomic E-state index is 2.87. The van der Waals surface area contributed by atoms with E-state index in [0.29, 0.717) is 7.35 Å². The van der Waals surface area contributed by atoms with Gasteiger partial charge in [0.15, 0.2) is 0 Å². The van der Waals surface area contributed by atoms with E-state index >= 15 is 0 Å².